The van der Waals surface area contributed by atoms with E-state index in [2.05, 4.69) is 5.32 Å². The molecular weight excluding hydrogens is 394 g/mol. The Bertz CT molecular complexity index is 1150. The van der Waals surface area contributed by atoms with Crippen LogP contribution in [-0.2, 0) is 23.4 Å². The number of hydrogen-bond donors (Lipinski definition) is 3. The molecule has 1 amide bonds. The average Bonchev–Trinajstić information content (AvgIpc) is 3.50. The summed E-state index contributed by atoms with van der Waals surface area (Å²) in [5.41, 5.74) is 4.40. The van der Waals surface area contributed by atoms with Gasteiger partial charge in [-0.2, -0.15) is 0 Å². The zero-order chi connectivity index (χ0) is 21.4. The van der Waals surface area contributed by atoms with E-state index in [9.17, 15) is 15.0 Å². The van der Waals surface area contributed by atoms with Crippen LogP contribution in [-0.4, -0.2) is 22.9 Å². The second kappa shape index (κ2) is 7.72. The number of nitrogens with one attached hydrogen (secondary N) is 1. The monoisotopic (exact) mass is 423 g/mol. The molecule has 1 aliphatic carbocycles. The Hall–Kier alpha value is -3.35. The van der Waals surface area contributed by atoms with Crippen LogP contribution in [0.2, 0.25) is 0 Å². The van der Waals surface area contributed by atoms with Crippen LogP contribution in [0.15, 0.2) is 60.7 Å². The molecule has 3 aromatic carbocycles. The van der Waals surface area contributed by atoms with Crippen molar-refractivity contribution in [2.45, 2.75) is 31.5 Å². The average molecular weight is 424 g/mol. The van der Waals surface area contributed by atoms with Crippen LogP contribution in [0.4, 0.5) is 5.69 Å². The zero-order valence-electron chi connectivity index (χ0n) is 16.9. The molecule has 1 fully saturated rings. The van der Waals surface area contributed by atoms with Gasteiger partial charge in [0, 0.05) is 9.97 Å². The molecule has 31 heavy (non-hydrogen) atoms. The summed E-state index contributed by atoms with van der Waals surface area (Å²) in [4.78, 5) is 13.2. The fourth-order valence-corrected chi connectivity index (χ4v) is 4.07. The number of amides is 1. The first-order valence-corrected chi connectivity index (χ1v) is 10.3. The highest BCUT2D eigenvalue weighted by atomic mass is 16.7. The Morgan fingerprint density at radius 3 is 2.42 bits per heavy atom. The van der Waals surface area contributed by atoms with Gasteiger partial charge in [0.05, 0.1) is 18.6 Å². The molecule has 1 saturated carbocycles. The van der Waals surface area contributed by atoms with Gasteiger partial charge in [-0.15, -0.1) is 0 Å². The Kier molecular flexibility index (Phi) is 4.88. The topological polar surface area (TPSA) is 88.0 Å². The zero-order valence-corrected chi connectivity index (χ0v) is 16.9. The van der Waals surface area contributed by atoms with E-state index >= 15 is 0 Å². The van der Waals surface area contributed by atoms with E-state index in [1.165, 1.54) is 0 Å². The number of rotatable bonds is 6. The smallest absolute Gasteiger partial charge is 0.235 e. The highest BCUT2D eigenvalue weighted by Crippen LogP contribution is 2.51. The fourth-order valence-electron chi connectivity index (χ4n) is 4.07. The van der Waals surface area contributed by atoms with Crippen molar-refractivity contribution in [3.8, 4) is 22.6 Å². The van der Waals surface area contributed by atoms with Crippen LogP contribution in [0.5, 0.6) is 11.5 Å². The van der Waals surface area contributed by atoms with Crippen molar-refractivity contribution >= 4 is 11.6 Å². The number of ether oxygens (including phenoxy) is 2. The third-order valence-corrected chi connectivity index (χ3v) is 6.10. The summed E-state index contributed by atoms with van der Waals surface area (Å²) < 4.78 is 10.9. The number of aliphatic hydroxyl groups is 2. The van der Waals surface area contributed by atoms with Crippen molar-refractivity contribution in [3.63, 3.8) is 0 Å². The predicted molar refractivity (Wildman–Crippen MR) is 122 cm³/mol. The number of benzene rings is 3. The van der Waals surface area contributed by atoms with Gasteiger partial charge in [0.15, 0.2) is 11.5 Å². The minimum atomic E-state index is -0.556. The molecule has 0 spiro atoms. The molecule has 6 nitrogen and oxygen atoms in total. The standard InChI is InChI=1S/C25H23NO5.3H2/c27-13-16-1-3-17(4-2-16)21-12-20(7-5-18(21)14-28)26-24(29)25(9-10-25)19-6-8-22-23(11-19)31-15-30-22;;;/h1-8,11-12,27-28H,9-10,13-15H2,(H,26,29);3*1H. The Balaban J connectivity index is 0.00000136. The van der Waals surface area contributed by atoms with Gasteiger partial charge >= 0.3 is 0 Å². The van der Waals surface area contributed by atoms with E-state index < -0.39 is 5.41 Å². The van der Waals surface area contributed by atoms with E-state index in [1.807, 2.05) is 60.7 Å². The Morgan fingerprint density at radius 1 is 0.935 bits per heavy atom. The predicted octanol–water partition coefficient (Wildman–Crippen LogP) is 4.48. The highest BCUT2D eigenvalue weighted by molar-refractivity contribution is 6.02. The summed E-state index contributed by atoms with van der Waals surface area (Å²) in [5, 5.41) is 22.1. The van der Waals surface area contributed by atoms with Gasteiger partial charge in [-0.05, 0) is 64.9 Å². The normalized spacial score (nSPS) is 15.5. The molecule has 164 valence electrons. The summed E-state index contributed by atoms with van der Waals surface area (Å²) in [5.74, 6) is 1.33. The molecule has 3 N–H and O–H groups in total. The first-order valence-electron chi connectivity index (χ1n) is 10.3. The first-order chi connectivity index (χ1) is 15.1. The summed E-state index contributed by atoms with van der Waals surface area (Å²) in [6, 6.07) is 18.7. The maximum atomic E-state index is 13.2. The second-order valence-corrected chi connectivity index (χ2v) is 7.99. The third-order valence-electron chi connectivity index (χ3n) is 6.10. The van der Waals surface area contributed by atoms with Gasteiger partial charge < -0.3 is 25.0 Å². The second-order valence-electron chi connectivity index (χ2n) is 7.99. The lowest BCUT2D eigenvalue weighted by molar-refractivity contribution is -0.118. The Labute approximate surface area is 184 Å². The highest BCUT2D eigenvalue weighted by Gasteiger charge is 2.51. The van der Waals surface area contributed by atoms with E-state index in [0.717, 1.165) is 40.7 Å². The fraction of sp³-hybridized carbons (Fsp3) is 0.240. The molecule has 0 unspecified atom stereocenters. The Morgan fingerprint density at radius 2 is 1.71 bits per heavy atom. The molecule has 5 rings (SSSR count). The summed E-state index contributed by atoms with van der Waals surface area (Å²) in [6.45, 7) is 0.0782. The SMILES string of the molecule is O=C(Nc1ccc(CO)c(-c2ccc(CO)cc2)c1)C1(c2ccc3c(c2)OCO3)CC1.[HH].[HH].[HH]. The van der Waals surface area contributed by atoms with E-state index in [4.69, 9.17) is 9.47 Å². The van der Waals surface area contributed by atoms with Crippen LogP contribution in [0.1, 0.15) is 33.8 Å². The molecule has 1 heterocycles. The van der Waals surface area contributed by atoms with Crippen molar-refractivity contribution in [1.29, 1.82) is 0 Å². The van der Waals surface area contributed by atoms with E-state index in [-0.39, 0.29) is 30.2 Å². The molecule has 3 aromatic rings. The summed E-state index contributed by atoms with van der Waals surface area (Å²) in [7, 11) is 0. The molecule has 6 heteroatoms. The molecule has 2 aliphatic rings. The molecule has 0 radical (unpaired) electrons. The van der Waals surface area contributed by atoms with E-state index in [1.54, 1.807) is 0 Å². The number of carbonyl (C=O) groups excluding carboxylic acids is 1. The van der Waals surface area contributed by atoms with Crippen molar-refractivity contribution in [2.75, 3.05) is 12.1 Å². The van der Waals surface area contributed by atoms with Crippen LogP contribution in [0.25, 0.3) is 11.1 Å². The number of anilines is 1. The van der Waals surface area contributed by atoms with Gasteiger partial charge in [0.2, 0.25) is 12.7 Å². The van der Waals surface area contributed by atoms with Crippen LogP contribution in [0.3, 0.4) is 0 Å². The van der Waals surface area contributed by atoms with Crippen molar-refractivity contribution < 1.29 is 28.8 Å². The van der Waals surface area contributed by atoms with Gasteiger partial charge in [-0.25, -0.2) is 0 Å². The lowest BCUT2D eigenvalue weighted by Crippen LogP contribution is -2.27. The number of aliphatic hydroxyl groups excluding tert-OH is 2. The van der Waals surface area contributed by atoms with Crippen molar-refractivity contribution in [2.24, 2.45) is 0 Å². The van der Waals surface area contributed by atoms with Gasteiger partial charge in [0.1, 0.15) is 0 Å². The van der Waals surface area contributed by atoms with Crippen molar-refractivity contribution in [1.82, 2.24) is 0 Å². The number of fused-ring (bicyclic) bond motifs is 1. The van der Waals surface area contributed by atoms with Crippen LogP contribution in [0, 0.1) is 0 Å². The largest absolute Gasteiger partial charge is 0.454 e. The summed E-state index contributed by atoms with van der Waals surface area (Å²) >= 11 is 0. The van der Waals surface area contributed by atoms with E-state index in [0.29, 0.717) is 17.2 Å². The lowest BCUT2D eigenvalue weighted by atomic mass is 9.94. The minimum Gasteiger partial charge on any atom is -0.454 e. The van der Waals surface area contributed by atoms with Crippen molar-refractivity contribution in [3.05, 3.63) is 77.4 Å². The quantitative estimate of drug-likeness (QED) is 0.544. The maximum absolute atomic E-state index is 13.2. The van der Waals surface area contributed by atoms with Crippen LogP contribution >= 0.6 is 0 Å². The van der Waals surface area contributed by atoms with Crippen LogP contribution < -0.4 is 14.8 Å². The lowest BCUT2D eigenvalue weighted by Gasteiger charge is -2.18. The molecule has 0 aromatic heterocycles. The molecule has 1 aliphatic heterocycles. The molecule has 0 atom stereocenters. The number of hydrogen-bond acceptors (Lipinski definition) is 5. The molecular formula is C25H29NO5. The van der Waals surface area contributed by atoms with Gasteiger partial charge in [-0.1, -0.05) is 36.4 Å². The third kappa shape index (κ3) is 3.54. The molecule has 0 bridgehead atoms. The first kappa shape index (κ1) is 19.6. The molecule has 0 saturated heterocycles. The number of carbonyl (C=O) groups is 1. The summed E-state index contributed by atoms with van der Waals surface area (Å²) in [6.07, 6.45) is 1.56. The maximum Gasteiger partial charge on any atom is 0.235 e. The van der Waals surface area contributed by atoms with Gasteiger partial charge in [-0.3, -0.25) is 4.79 Å². The minimum absolute atomic E-state index is 0. The van der Waals surface area contributed by atoms with Gasteiger partial charge in [0.25, 0.3) is 0 Å².